The van der Waals surface area contributed by atoms with Crippen LogP contribution >= 0.6 is 0 Å². The first-order chi connectivity index (χ1) is 5.98. The average Bonchev–Trinajstić information content (AvgIpc) is 2.03. The van der Waals surface area contributed by atoms with Crippen LogP contribution in [0.1, 0.15) is 13.3 Å². The SMILES string of the molecule is CCS(=O)(=O)CCCNCC(F)F. The zero-order chi connectivity index (χ0) is 10.3. The molecule has 0 spiro atoms. The van der Waals surface area contributed by atoms with Gasteiger partial charge in [-0.2, -0.15) is 0 Å². The first-order valence-corrected chi connectivity index (χ1v) is 5.99. The molecule has 0 bridgehead atoms. The molecule has 6 heteroatoms. The van der Waals surface area contributed by atoms with E-state index in [1.807, 2.05) is 0 Å². The fourth-order valence-electron chi connectivity index (χ4n) is 0.773. The molecule has 3 nitrogen and oxygen atoms in total. The Labute approximate surface area is 77.4 Å². The van der Waals surface area contributed by atoms with Gasteiger partial charge in [0.05, 0.1) is 12.3 Å². The molecule has 80 valence electrons. The molecule has 0 radical (unpaired) electrons. The Morgan fingerprint density at radius 2 is 2.00 bits per heavy atom. The van der Waals surface area contributed by atoms with Gasteiger partial charge >= 0.3 is 0 Å². The number of hydrogen-bond acceptors (Lipinski definition) is 3. The summed E-state index contributed by atoms with van der Waals surface area (Å²) >= 11 is 0. The maximum Gasteiger partial charge on any atom is 0.250 e. The predicted octanol–water partition coefficient (Wildman–Crippen LogP) is 0.666. The maximum absolute atomic E-state index is 11.6. The van der Waals surface area contributed by atoms with Gasteiger partial charge in [0.15, 0.2) is 0 Å². The van der Waals surface area contributed by atoms with Crippen molar-refractivity contribution in [2.75, 3.05) is 24.6 Å². The molecule has 0 atom stereocenters. The largest absolute Gasteiger partial charge is 0.311 e. The molecule has 0 saturated carbocycles. The van der Waals surface area contributed by atoms with Crippen molar-refractivity contribution < 1.29 is 17.2 Å². The second-order valence-corrected chi connectivity index (χ2v) is 5.16. The Hall–Kier alpha value is -0.230. The number of alkyl halides is 2. The highest BCUT2D eigenvalue weighted by Crippen LogP contribution is 1.93. The summed E-state index contributed by atoms with van der Waals surface area (Å²) in [4.78, 5) is 0. The maximum atomic E-state index is 11.6. The van der Waals surface area contributed by atoms with E-state index in [-0.39, 0.29) is 18.1 Å². The average molecular weight is 215 g/mol. The lowest BCUT2D eigenvalue weighted by Crippen LogP contribution is -2.24. The molecule has 0 aromatic carbocycles. The zero-order valence-corrected chi connectivity index (χ0v) is 8.41. The van der Waals surface area contributed by atoms with Gasteiger partial charge < -0.3 is 5.32 Å². The van der Waals surface area contributed by atoms with E-state index >= 15 is 0 Å². The third-order valence-corrected chi connectivity index (χ3v) is 3.34. The van der Waals surface area contributed by atoms with Gasteiger partial charge in [0.1, 0.15) is 9.84 Å². The van der Waals surface area contributed by atoms with E-state index in [1.54, 1.807) is 6.92 Å². The van der Waals surface area contributed by atoms with Gasteiger partial charge in [-0.1, -0.05) is 6.92 Å². The van der Waals surface area contributed by atoms with E-state index in [4.69, 9.17) is 0 Å². The molecule has 0 amide bonds. The minimum Gasteiger partial charge on any atom is -0.311 e. The molecule has 0 aliphatic carbocycles. The van der Waals surface area contributed by atoms with E-state index in [1.165, 1.54) is 0 Å². The monoisotopic (exact) mass is 215 g/mol. The minimum atomic E-state index is -2.95. The van der Waals surface area contributed by atoms with Crippen LogP contribution in [-0.2, 0) is 9.84 Å². The van der Waals surface area contributed by atoms with Crippen molar-refractivity contribution in [1.29, 1.82) is 0 Å². The van der Waals surface area contributed by atoms with Crippen molar-refractivity contribution in [3.05, 3.63) is 0 Å². The number of nitrogens with one attached hydrogen (secondary N) is 1. The van der Waals surface area contributed by atoms with Gasteiger partial charge in [0.2, 0.25) is 0 Å². The fraction of sp³-hybridized carbons (Fsp3) is 1.00. The molecule has 0 aliphatic rings. The lowest BCUT2D eigenvalue weighted by atomic mass is 10.5. The number of halogens is 2. The van der Waals surface area contributed by atoms with Crippen LogP contribution in [-0.4, -0.2) is 39.4 Å². The summed E-state index contributed by atoms with van der Waals surface area (Å²) in [5.41, 5.74) is 0. The van der Waals surface area contributed by atoms with Crippen LogP contribution in [0, 0.1) is 0 Å². The van der Waals surface area contributed by atoms with E-state index in [2.05, 4.69) is 5.32 Å². The summed E-state index contributed by atoms with van der Waals surface area (Å²) in [5.74, 6) is 0.182. The summed E-state index contributed by atoms with van der Waals surface area (Å²) in [6.07, 6.45) is -1.98. The van der Waals surface area contributed by atoms with Crippen LogP contribution < -0.4 is 5.32 Å². The Bertz CT molecular complexity index is 217. The summed E-state index contributed by atoms with van der Waals surface area (Å²) < 4.78 is 45.0. The van der Waals surface area contributed by atoms with Crippen LogP contribution in [0.15, 0.2) is 0 Å². The predicted molar refractivity (Wildman–Crippen MR) is 47.8 cm³/mol. The van der Waals surface area contributed by atoms with Crippen molar-refractivity contribution in [2.45, 2.75) is 19.8 Å². The Morgan fingerprint density at radius 1 is 1.38 bits per heavy atom. The van der Waals surface area contributed by atoms with Crippen LogP contribution in [0.3, 0.4) is 0 Å². The highest BCUT2D eigenvalue weighted by atomic mass is 32.2. The topological polar surface area (TPSA) is 46.2 Å². The van der Waals surface area contributed by atoms with Crippen molar-refractivity contribution in [3.63, 3.8) is 0 Å². The first kappa shape index (κ1) is 12.8. The van der Waals surface area contributed by atoms with Crippen molar-refractivity contribution in [2.24, 2.45) is 0 Å². The molecule has 0 aliphatic heterocycles. The summed E-state index contributed by atoms with van der Waals surface area (Å²) in [6.45, 7) is 1.53. The van der Waals surface area contributed by atoms with E-state index in [0.717, 1.165) is 0 Å². The second kappa shape index (κ2) is 6.26. The van der Waals surface area contributed by atoms with Gasteiger partial charge in [0.25, 0.3) is 6.43 Å². The molecular formula is C7H15F2NO2S. The van der Waals surface area contributed by atoms with E-state index in [0.29, 0.717) is 13.0 Å². The number of sulfone groups is 1. The summed E-state index contributed by atoms with van der Waals surface area (Å²) in [6, 6.07) is 0. The molecule has 0 heterocycles. The first-order valence-electron chi connectivity index (χ1n) is 4.17. The van der Waals surface area contributed by atoms with Crippen LogP contribution in [0.2, 0.25) is 0 Å². The number of rotatable bonds is 7. The molecule has 13 heavy (non-hydrogen) atoms. The number of hydrogen-bond donors (Lipinski definition) is 1. The molecule has 0 aromatic rings. The highest BCUT2D eigenvalue weighted by molar-refractivity contribution is 7.91. The lowest BCUT2D eigenvalue weighted by molar-refractivity contribution is 0.146. The smallest absolute Gasteiger partial charge is 0.250 e. The second-order valence-electron chi connectivity index (χ2n) is 2.69. The van der Waals surface area contributed by atoms with Crippen LogP contribution in [0.25, 0.3) is 0 Å². The molecule has 0 aromatic heterocycles. The molecule has 0 saturated heterocycles. The van der Waals surface area contributed by atoms with Crippen LogP contribution in [0.5, 0.6) is 0 Å². The van der Waals surface area contributed by atoms with E-state index < -0.39 is 16.3 Å². The Morgan fingerprint density at radius 3 is 2.46 bits per heavy atom. The van der Waals surface area contributed by atoms with Gasteiger partial charge in [-0.05, 0) is 13.0 Å². The Balaban J connectivity index is 3.37. The van der Waals surface area contributed by atoms with Crippen molar-refractivity contribution in [1.82, 2.24) is 5.32 Å². The molecule has 0 unspecified atom stereocenters. The fourth-order valence-corrected chi connectivity index (χ4v) is 1.65. The third kappa shape index (κ3) is 8.11. The van der Waals surface area contributed by atoms with Crippen molar-refractivity contribution in [3.8, 4) is 0 Å². The zero-order valence-electron chi connectivity index (χ0n) is 7.59. The van der Waals surface area contributed by atoms with Crippen LogP contribution in [0.4, 0.5) is 8.78 Å². The van der Waals surface area contributed by atoms with Gasteiger partial charge in [-0.3, -0.25) is 0 Å². The van der Waals surface area contributed by atoms with Crippen molar-refractivity contribution >= 4 is 9.84 Å². The molecular weight excluding hydrogens is 200 g/mol. The molecule has 0 fully saturated rings. The third-order valence-electron chi connectivity index (χ3n) is 1.55. The minimum absolute atomic E-state index is 0.0692. The standard InChI is InChI=1S/C7H15F2NO2S/c1-2-13(11,12)5-3-4-10-6-7(8)9/h7,10H,2-6H2,1H3. The van der Waals surface area contributed by atoms with Gasteiger partial charge in [-0.25, -0.2) is 17.2 Å². The summed E-state index contributed by atoms with van der Waals surface area (Å²) in [7, 11) is -2.95. The Kier molecular flexibility index (Phi) is 6.15. The molecule has 1 N–H and O–H groups in total. The van der Waals surface area contributed by atoms with E-state index in [9.17, 15) is 17.2 Å². The molecule has 0 rings (SSSR count). The quantitative estimate of drug-likeness (QED) is 0.635. The highest BCUT2D eigenvalue weighted by Gasteiger charge is 2.06. The summed E-state index contributed by atoms with van der Waals surface area (Å²) in [5, 5.41) is 2.47. The lowest BCUT2D eigenvalue weighted by Gasteiger charge is -2.03. The van der Waals surface area contributed by atoms with Gasteiger partial charge in [0, 0.05) is 5.75 Å². The normalized spacial score (nSPS) is 12.3. The van der Waals surface area contributed by atoms with Gasteiger partial charge in [-0.15, -0.1) is 0 Å².